The highest BCUT2D eigenvalue weighted by atomic mass is 19.1. The van der Waals surface area contributed by atoms with Gasteiger partial charge in [-0.15, -0.1) is 0 Å². The molecule has 1 unspecified atom stereocenters. The normalized spacial score (nSPS) is 21.5. The van der Waals surface area contributed by atoms with Gasteiger partial charge in [0.2, 0.25) is 11.6 Å². The summed E-state index contributed by atoms with van der Waals surface area (Å²) in [5, 5.41) is 7.51. The van der Waals surface area contributed by atoms with Gasteiger partial charge in [-0.25, -0.2) is 24.1 Å². The standard InChI is InChI=1S/C29H36FN7O2/c1-16-7-9-19(10-8-16)15-37-23-24(31-18(3)21-5-4-6-21)32-26(27-35-29(38)39-36-27)33-25(23)34-28(37)17(2)20-11-13-22(30)14-12-20/h11-14,16-19,21H,4-10,15H2,1-3H3,(H,31,32,33)(H,35,36,38)/t16-,17?,18-,19-/m1/s1. The first-order valence-electron chi connectivity index (χ1n) is 14.2. The first kappa shape index (κ1) is 25.7. The number of halogens is 1. The zero-order valence-corrected chi connectivity index (χ0v) is 22.8. The Balaban J connectivity index is 1.50. The maximum Gasteiger partial charge on any atom is 0.439 e. The van der Waals surface area contributed by atoms with Crippen molar-refractivity contribution >= 4 is 17.0 Å². The lowest BCUT2D eigenvalue weighted by Gasteiger charge is -2.32. The summed E-state index contributed by atoms with van der Waals surface area (Å²) in [6.07, 6.45) is 8.43. The van der Waals surface area contributed by atoms with Gasteiger partial charge in [0.1, 0.15) is 17.2 Å². The maximum absolute atomic E-state index is 13.7. The van der Waals surface area contributed by atoms with Crippen LogP contribution in [0.5, 0.6) is 0 Å². The van der Waals surface area contributed by atoms with Gasteiger partial charge < -0.3 is 9.88 Å². The van der Waals surface area contributed by atoms with E-state index in [2.05, 4.69) is 40.8 Å². The fourth-order valence-electron chi connectivity index (χ4n) is 6.04. The number of imidazole rings is 1. The number of nitrogens with zero attached hydrogens (tertiary/aromatic N) is 5. The van der Waals surface area contributed by atoms with Gasteiger partial charge in [-0.2, -0.15) is 0 Å². The summed E-state index contributed by atoms with van der Waals surface area (Å²) in [6, 6.07) is 6.85. The molecule has 0 amide bonds. The van der Waals surface area contributed by atoms with Crippen LogP contribution in [0.4, 0.5) is 10.2 Å². The van der Waals surface area contributed by atoms with Crippen molar-refractivity contribution in [3.63, 3.8) is 0 Å². The van der Waals surface area contributed by atoms with Crippen LogP contribution in [0.1, 0.15) is 83.0 Å². The van der Waals surface area contributed by atoms with Gasteiger partial charge in [0, 0.05) is 18.5 Å². The van der Waals surface area contributed by atoms with E-state index in [4.69, 9.17) is 19.5 Å². The molecule has 0 radical (unpaired) electrons. The largest absolute Gasteiger partial charge is 0.439 e. The Morgan fingerprint density at radius 1 is 1.08 bits per heavy atom. The summed E-state index contributed by atoms with van der Waals surface area (Å²) in [7, 11) is 0. The summed E-state index contributed by atoms with van der Waals surface area (Å²) in [6.45, 7) is 7.44. The first-order valence-corrected chi connectivity index (χ1v) is 14.2. The van der Waals surface area contributed by atoms with Crippen LogP contribution < -0.4 is 11.1 Å². The second-order valence-electron chi connectivity index (χ2n) is 11.6. The van der Waals surface area contributed by atoms with Crippen molar-refractivity contribution in [1.82, 2.24) is 29.7 Å². The van der Waals surface area contributed by atoms with Crippen molar-refractivity contribution < 1.29 is 8.91 Å². The van der Waals surface area contributed by atoms with E-state index in [1.54, 1.807) is 0 Å². The number of rotatable bonds is 8. The van der Waals surface area contributed by atoms with E-state index in [0.717, 1.165) is 29.4 Å². The van der Waals surface area contributed by atoms with Gasteiger partial charge in [-0.05, 0) is 68.1 Å². The minimum atomic E-state index is -0.659. The minimum Gasteiger partial charge on any atom is -0.365 e. The van der Waals surface area contributed by atoms with Gasteiger partial charge in [-0.3, -0.25) is 9.51 Å². The highest BCUT2D eigenvalue weighted by Crippen LogP contribution is 2.37. The van der Waals surface area contributed by atoms with E-state index in [1.165, 1.54) is 57.1 Å². The van der Waals surface area contributed by atoms with Crippen LogP contribution in [0.3, 0.4) is 0 Å². The van der Waals surface area contributed by atoms with Crippen LogP contribution in [-0.4, -0.2) is 35.7 Å². The molecule has 10 heteroatoms. The summed E-state index contributed by atoms with van der Waals surface area (Å²) in [5.41, 5.74) is 2.38. The van der Waals surface area contributed by atoms with Crippen LogP contribution in [-0.2, 0) is 6.54 Å². The van der Waals surface area contributed by atoms with Crippen LogP contribution >= 0.6 is 0 Å². The maximum atomic E-state index is 13.7. The average Bonchev–Trinajstić information content (AvgIpc) is 3.48. The Kier molecular flexibility index (Phi) is 6.95. The minimum absolute atomic E-state index is 0.0884. The molecule has 2 aliphatic rings. The molecule has 4 aromatic rings. The molecule has 0 saturated heterocycles. The van der Waals surface area contributed by atoms with Gasteiger partial charge >= 0.3 is 5.76 Å². The lowest BCUT2D eigenvalue weighted by Crippen LogP contribution is -2.31. The molecule has 0 spiro atoms. The average molecular weight is 534 g/mol. The number of fused-ring (bicyclic) bond motifs is 1. The number of aromatic amines is 1. The predicted octanol–water partition coefficient (Wildman–Crippen LogP) is 5.89. The Labute approximate surface area is 226 Å². The highest BCUT2D eigenvalue weighted by molar-refractivity contribution is 5.86. The Morgan fingerprint density at radius 3 is 2.46 bits per heavy atom. The van der Waals surface area contributed by atoms with E-state index in [0.29, 0.717) is 23.3 Å². The van der Waals surface area contributed by atoms with Crippen molar-refractivity contribution in [3.8, 4) is 11.6 Å². The molecule has 0 bridgehead atoms. The monoisotopic (exact) mass is 533 g/mol. The zero-order valence-electron chi connectivity index (χ0n) is 22.8. The molecule has 2 aliphatic carbocycles. The number of H-pyrrole nitrogens is 1. The van der Waals surface area contributed by atoms with E-state index in [9.17, 15) is 9.18 Å². The number of anilines is 1. The zero-order chi connectivity index (χ0) is 27.1. The van der Waals surface area contributed by atoms with Crippen LogP contribution in [0.2, 0.25) is 0 Å². The summed E-state index contributed by atoms with van der Waals surface area (Å²) in [5.74, 6) is 2.85. The number of nitrogens with one attached hydrogen (secondary N) is 2. The van der Waals surface area contributed by atoms with Crippen LogP contribution in [0.25, 0.3) is 22.8 Å². The van der Waals surface area contributed by atoms with Crippen molar-refractivity contribution in [2.75, 3.05) is 5.32 Å². The van der Waals surface area contributed by atoms with Crippen molar-refractivity contribution in [2.45, 2.75) is 84.2 Å². The number of aromatic nitrogens is 6. The molecule has 2 fully saturated rings. The molecule has 2 N–H and O–H groups in total. The first-order chi connectivity index (χ1) is 18.9. The van der Waals surface area contributed by atoms with Crippen molar-refractivity contribution in [1.29, 1.82) is 0 Å². The molecule has 3 heterocycles. The third kappa shape index (κ3) is 5.21. The number of hydrogen-bond donors (Lipinski definition) is 2. The van der Waals surface area contributed by atoms with Crippen molar-refractivity contribution in [3.05, 3.63) is 52.0 Å². The van der Waals surface area contributed by atoms with Crippen LogP contribution in [0, 0.1) is 23.6 Å². The smallest absolute Gasteiger partial charge is 0.365 e. The molecule has 9 nitrogen and oxygen atoms in total. The molecule has 6 rings (SSSR count). The SMILES string of the molecule is CC(c1ccc(F)cc1)c1nc2nc(-c3noc(=O)[nH]3)nc(N[C@H](C)C3CCC3)c2n1C[C@H]1CC[C@H](C)CC1. The fourth-order valence-corrected chi connectivity index (χ4v) is 6.04. The third-order valence-corrected chi connectivity index (χ3v) is 8.84. The van der Waals surface area contributed by atoms with E-state index in [-0.39, 0.29) is 29.4 Å². The molecular formula is C29H36FN7O2. The molecule has 206 valence electrons. The third-order valence-electron chi connectivity index (χ3n) is 8.84. The highest BCUT2D eigenvalue weighted by Gasteiger charge is 2.29. The van der Waals surface area contributed by atoms with Gasteiger partial charge in [0.05, 0.1) is 0 Å². The Hall–Kier alpha value is -3.56. The Morgan fingerprint density at radius 2 is 1.82 bits per heavy atom. The van der Waals surface area contributed by atoms with E-state index < -0.39 is 5.76 Å². The summed E-state index contributed by atoms with van der Waals surface area (Å²) < 4.78 is 20.8. The molecule has 1 aromatic carbocycles. The summed E-state index contributed by atoms with van der Waals surface area (Å²) >= 11 is 0. The molecule has 3 aromatic heterocycles. The molecule has 39 heavy (non-hydrogen) atoms. The quantitative estimate of drug-likeness (QED) is 0.290. The predicted molar refractivity (Wildman–Crippen MR) is 147 cm³/mol. The van der Waals surface area contributed by atoms with E-state index in [1.807, 2.05) is 12.1 Å². The van der Waals surface area contributed by atoms with Gasteiger partial charge in [-0.1, -0.05) is 50.4 Å². The topological polar surface area (TPSA) is 115 Å². The second-order valence-corrected chi connectivity index (χ2v) is 11.6. The molecular weight excluding hydrogens is 497 g/mol. The molecule has 0 aliphatic heterocycles. The molecule has 2 saturated carbocycles. The van der Waals surface area contributed by atoms with E-state index >= 15 is 0 Å². The number of hydrogen-bond acceptors (Lipinski definition) is 7. The summed E-state index contributed by atoms with van der Waals surface area (Å²) in [4.78, 5) is 28.9. The Bertz CT molecular complexity index is 1500. The second kappa shape index (κ2) is 10.5. The van der Waals surface area contributed by atoms with Crippen molar-refractivity contribution in [2.24, 2.45) is 17.8 Å². The van der Waals surface area contributed by atoms with Gasteiger partial charge in [0.15, 0.2) is 11.5 Å². The number of benzene rings is 1. The fraction of sp³-hybridized carbons (Fsp3) is 0.552. The van der Waals surface area contributed by atoms with Crippen LogP contribution in [0.15, 0.2) is 33.6 Å². The molecule has 2 atom stereocenters. The lowest BCUT2D eigenvalue weighted by molar-refractivity contribution is 0.264. The van der Waals surface area contributed by atoms with Gasteiger partial charge in [0.25, 0.3) is 0 Å². The lowest BCUT2D eigenvalue weighted by atomic mass is 9.80.